The predicted octanol–water partition coefficient (Wildman–Crippen LogP) is 3.75. The number of carbonyl (C=O) groups is 2. The van der Waals surface area contributed by atoms with Crippen LogP contribution in [0.1, 0.15) is 25.8 Å². The van der Waals surface area contributed by atoms with E-state index >= 15 is 0 Å². The van der Waals surface area contributed by atoms with Crippen molar-refractivity contribution in [3.63, 3.8) is 0 Å². The number of carboxylic acids is 1. The van der Waals surface area contributed by atoms with Crippen molar-refractivity contribution < 1.29 is 19.1 Å². The molecule has 21 heavy (non-hydrogen) atoms. The van der Waals surface area contributed by atoms with E-state index in [1.165, 1.54) is 0 Å². The molecule has 0 aliphatic heterocycles. The van der Waals surface area contributed by atoms with Gasteiger partial charge in [-0.15, -0.1) is 11.3 Å². The first-order valence-electron chi connectivity index (χ1n) is 6.18. The van der Waals surface area contributed by atoms with Crippen LogP contribution >= 0.6 is 11.3 Å². The minimum absolute atomic E-state index is 0.0946. The fourth-order valence-electron chi connectivity index (χ4n) is 2.14. The van der Waals surface area contributed by atoms with Gasteiger partial charge in [0.15, 0.2) is 5.76 Å². The molecule has 0 unspecified atom stereocenters. The largest absolute Gasteiger partial charge is 0.477 e. The fraction of sp³-hybridized carbons (Fsp3) is 0.0667. The topological polar surface area (TPSA) is 79.5 Å². The predicted molar refractivity (Wildman–Crippen MR) is 80.2 cm³/mol. The second-order valence-corrected chi connectivity index (χ2v) is 5.39. The quantitative estimate of drug-likeness (QED) is 0.772. The van der Waals surface area contributed by atoms with E-state index < -0.39 is 11.9 Å². The Kier molecular flexibility index (Phi) is 3.23. The number of carbonyl (C=O) groups excluding carboxylic acids is 1. The van der Waals surface area contributed by atoms with Crippen molar-refractivity contribution in [2.24, 2.45) is 0 Å². The minimum atomic E-state index is -1.07. The minimum Gasteiger partial charge on any atom is -0.477 e. The smallest absolute Gasteiger partial charge is 0.348 e. The summed E-state index contributed by atoms with van der Waals surface area (Å²) in [4.78, 5) is 23.4. The second kappa shape index (κ2) is 5.06. The van der Waals surface area contributed by atoms with Crippen molar-refractivity contribution in [3.8, 4) is 0 Å². The highest BCUT2D eigenvalue weighted by Crippen LogP contribution is 2.27. The van der Waals surface area contributed by atoms with Crippen LogP contribution in [0.3, 0.4) is 0 Å². The molecule has 0 saturated heterocycles. The molecule has 3 aromatic rings. The number of nitrogens with one attached hydrogen (secondary N) is 1. The number of aromatic carboxylic acids is 1. The standard InChI is InChI=1S/C15H11NO4S/c1-8-9-4-2-3-5-11(9)20-12(8)14(17)16-10-6-7-21-13(10)15(18)19/h2-7H,1H3,(H,16,17)(H,18,19). The van der Waals surface area contributed by atoms with Gasteiger partial charge in [0.1, 0.15) is 10.5 Å². The van der Waals surface area contributed by atoms with Gasteiger partial charge in [-0.3, -0.25) is 4.79 Å². The third kappa shape index (κ3) is 2.30. The number of fused-ring (bicyclic) bond motifs is 1. The van der Waals surface area contributed by atoms with Crippen LogP contribution in [0.2, 0.25) is 0 Å². The number of amides is 1. The maximum absolute atomic E-state index is 12.3. The van der Waals surface area contributed by atoms with Gasteiger partial charge in [0.25, 0.3) is 5.91 Å². The van der Waals surface area contributed by atoms with Gasteiger partial charge in [0.05, 0.1) is 5.69 Å². The maximum atomic E-state index is 12.3. The Hall–Kier alpha value is -2.60. The van der Waals surface area contributed by atoms with Crippen LogP contribution in [-0.4, -0.2) is 17.0 Å². The van der Waals surface area contributed by atoms with E-state index in [1.807, 2.05) is 18.2 Å². The summed E-state index contributed by atoms with van der Waals surface area (Å²) in [6.45, 7) is 1.80. The molecule has 2 aromatic heterocycles. The van der Waals surface area contributed by atoms with Crippen molar-refractivity contribution in [3.05, 3.63) is 51.9 Å². The number of rotatable bonds is 3. The summed E-state index contributed by atoms with van der Waals surface area (Å²) < 4.78 is 5.55. The molecule has 0 fully saturated rings. The van der Waals surface area contributed by atoms with Crippen LogP contribution in [0.25, 0.3) is 11.0 Å². The Labute approximate surface area is 123 Å². The third-order valence-corrected chi connectivity index (χ3v) is 4.06. The van der Waals surface area contributed by atoms with Crippen LogP contribution in [-0.2, 0) is 0 Å². The summed E-state index contributed by atoms with van der Waals surface area (Å²) >= 11 is 1.06. The molecule has 0 spiro atoms. The third-order valence-electron chi connectivity index (χ3n) is 3.16. The van der Waals surface area contributed by atoms with Gasteiger partial charge < -0.3 is 14.8 Å². The van der Waals surface area contributed by atoms with Gasteiger partial charge in [-0.25, -0.2) is 4.79 Å². The van der Waals surface area contributed by atoms with Gasteiger partial charge >= 0.3 is 5.97 Å². The number of benzene rings is 1. The lowest BCUT2D eigenvalue weighted by atomic mass is 10.1. The van der Waals surface area contributed by atoms with E-state index in [-0.39, 0.29) is 16.3 Å². The summed E-state index contributed by atoms with van der Waals surface area (Å²) in [6, 6.07) is 8.91. The molecule has 5 nitrogen and oxygen atoms in total. The van der Waals surface area contributed by atoms with Crippen molar-refractivity contribution in [2.45, 2.75) is 6.92 Å². The first-order valence-corrected chi connectivity index (χ1v) is 7.06. The SMILES string of the molecule is Cc1c(C(=O)Nc2ccsc2C(=O)O)oc2ccccc12. The average molecular weight is 301 g/mol. The molecule has 6 heteroatoms. The highest BCUT2D eigenvalue weighted by Gasteiger charge is 2.20. The van der Waals surface area contributed by atoms with Crippen LogP contribution in [0.15, 0.2) is 40.1 Å². The monoisotopic (exact) mass is 301 g/mol. The molecule has 0 aliphatic rings. The summed E-state index contributed by atoms with van der Waals surface area (Å²) in [5.41, 5.74) is 1.64. The van der Waals surface area contributed by atoms with E-state index in [9.17, 15) is 9.59 Å². The average Bonchev–Trinajstić information content (AvgIpc) is 3.04. The molecule has 3 rings (SSSR count). The van der Waals surface area contributed by atoms with Crippen molar-refractivity contribution in [2.75, 3.05) is 5.32 Å². The Morgan fingerprint density at radius 1 is 1.24 bits per heavy atom. The van der Waals surface area contributed by atoms with Gasteiger partial charge in [-0.1, -0.05) is 18.2 Å². The molecular weight excluding hydrogens is 290 g/mol. The van der Waals surface area contributed by atoms with Gasteiger partial charge in [0.2, 0.25) is 0 Å². The molecule has 0 bridgehead atoms. The number of hydrogen-bond donors (Lipinski definition) is 2. The normalized spacial score (nSPS) is 10.7. The molecule has 1 aromatic carbocycles. The Morgan fingerprint density at radius 2 is 2.00 bits per heavy atom. The van der Waals surface area contributed by atoms with Gasteiger partial charge in [0, 0.05) is 10.9 Å². The molecule has 106 valence electrons. The van der Waals surface area contributed by atoms with E-state index in [0.717, 1.165) is 22.3 Å². The molecular formula is C15H11NO4S. The number of hydrogen-bond acceptors (Lipinski definition) is 4. The van der Waals surface area contributed by atoms with Crippen molar-refractivity contribution in [1.29, 1.82) is 0 Å². The molecule has 0 saturated carbocycles. The van der Waals surface area contributed by atoms with Gasteiger partial charge in [-0.2, -0.15) is 0 Å². The first-order chi connectivity index (χ1) is 10.1. The van der Waals surface area contributed by atoms with Crippen LogP contribution in [0.4, 0.5) is 5.69 Å². The zero-order valence-corrected chi connectivity index (χ0v) is 11.9. The Bertz CT molecular complexity index is 846. The van der Waals surface area contributed by atoms with E-state index in [2.05, 4.69) is 5.32 Å². The number of thiophene rings is 1. The zero-order valence-electron chi connectivity index (χ0n) is 11.0. The lowest BCUT2D eigenvalue weighted by molar-refractivity contribution is 0.0703. The highest BCUT2D eigenvalue weighted by molar-refractivity contribution is 7.12. The summed E-state index contributed by atoms with van der Waals surface area (Å²) in [7, 11) is 0. The fourth-order valence-corrected chi connectivity index (χ4v) is 2.83. The summed E-state index contributed by atoms with van der Waals surface area (Å²) in [5.74, 6) is -1.33. The lowest BCUT2D eigenvalue weighted by Gasteiger charge is -2.02. The molecule has 2 heterocycles. The molecule has 0 atom stereocenters. The number of para-hydroxylation sites is 1. The van der Waals surface area contributed by atoms with E-state index in [0.29, 0.717) is 5.58 Å². The first kappa shape index (κ1) is 13.4. The van der Waals surface area contributed by atoms with E-state index in [1.54, 1.807) is 24.4 Å². The summed E-state index contributed by atoms with van der Waals surface area (Å²) in [6.07, 6.45) is 0. The molecule has 2 N–H and O–H groups in total. The van der Waals surface area contributed by atoms with Crippen molar-refractivity contribution >= 4 is 39.9 Å². The number of furan rings is 1. The summed E-state index contributed by atoms with van der Waals surface area (Å²) in [5, 5.41) is 14.1. The zero-order chi connectivity index (χ0) is 15.0. The molecule has 0 radical (unpaired) electrons. The lowest BCUT2D eigenvalue weighted by Crippen LogP contribution is -2.13. The van der Waals surface area contributed by atoms with E-state index in [4.69, 9.17) is 9.52 Å². The van der Waals surface area contributed by atoms with Crippen molar-refractivity contribution in [1.82, 2.24) is 0 Å². The molecule has 1 amide bonds. The number of aryl methyl sites for hydroxylation is 1. The number of carboxylic acid groups (broad SMARTS) is 1. The Balaban J connectivity index is 1.96. The Morgan fingerprint density at radius 3 is 2.71 bits per heavy atom. The highest BCUT2D eigenvalue weighted by atomic mass is 32.1. The molecule has 0 aliphatic carbocycles. The second-order valence-electron chi connectivity index (χ2n) is 4.48. The van der Waals surface area contributed by atoms with Crippen LogP contribution in [0.5, 0.6) is 0 Å². The van der Waals surface area contributed by atoms with Crippen LogP contribution < -0.4 is 5.32 Å². The van der Waals surface area contributed by atoms with Crippen LogP contribution in [0, 0.1) is 6.92 Å². The number of anilines is 1. The van der Waals surface area contributed by atoms with Gasteiger partial charge in [-0.05, 0) is 24.4 Å². The maximum Gasteiger partial charge on any atom is 0.348 e.